The maximum Gasteiger partial charge on any atom is 0.171 e. The van der Waals surface area contributed by atoms with Gasteiger partial charge in [-0.3, -0.25) is 4.79 Å². The van der Waals surface area contributed by atoms with E-state index in [2.05, 4.69) is 0 Å². The summed E-state index contributed by atoms with van der Waals surface area (Å²) in [4.78, 5) is 13.6. The third-order valence-corrected chi connectivity index (χ3v) is 4.49. The van der Waals surface area contributed by atoms with E-state index >= 15 is 0 Å². The molecule has 0 saturated carbocycles. The number of hydrogen-bond acceptors (Lipinski definition) is 4. The Morgan fingerprint density at radius 3 is 2.56 bits per heavy atom. The van der Waals surface area contributed by atoms with Crippen molar-refractivity contribution in [1.29, 1.82) is 0 Å². The Morgan fingerprint density at radius 1 is 1.39 bits per heavy atom. The summed E-state index contributed by atoms with van der Waals surface area (Å²) >= 11 is 1.50. The monoisotopic (exact) mass is 267 g/mol. The number of carbonyl (C=O) groups is 1. The minimum Gasteiger partial charge on any atom is -0.390 e. The molecule has 2 rings (SSSR count). The largest absolute Gasteiger partial charge is 0.390 e. The number of nitrogens with two attached hydrogens (primary N) is 1. The van der Waals surface area contributed by atoms with E-state index in [1.54, 1.807) is 0 Å². The molecule has 2 heterocycles. The molecule has 100 valence electrons. The normalized spacial score (nSPS) is 23.8. The zero-order chi connectivity index (χ0) is 13.7. The molecule has 0 aliphatic carbocycles. The van der Waals surface area contributed by atoms with E-state index in [0.29, 0.717) is 5.00 Å². The molecule has 3 nitrogen and oxygen atoms in total. The summed E-state index contributed by atoms with van der Waals surface area (Å²) in [6.45, 7) is 9.87. The Morgan fingerprint density at radius 2 is 2.00 bits per heavy atom. The summed E-state index contributed by atoms with van der Waals surface area (Å²) in [5.41, 5.74) is 7.53. The highest BCUT2D eigenvalue weighted by Crippen LogP contribution is 2.43. The number of ether oxygens (including phenoxy) is 1. The molecule has 2 N–H and O–H groups in total. The van der Waals surface area contributed by atoms with Crippen LogP contribution in [0.1, 0.15) is 61.5 Å². The first-order chi connectivity index (χ1) is 8.21. The second-order valence-electron chi connectivity index (χ2n) is 6.06. The van der Waals surface area contributed by atoms with Crippen LogP contribution in [0, 0.1) is 5.41 Å². The van der Waals surface area contributed by atoms with Crippen molar-refractivity contribution < 1.29 is 9.53 Å². The highest BCUT2D eigenvalue weighted by atomic mass is 32.1. The lowest BCUT2D eigenvalue weighted by Crippen LogP contribution is -2.26. The molecule has 0 spiro atoms. The molecule has 0 bridgehead atoms. The maximum absolute atomic E-state index is 12.5. The smallest absolute Gasteiger partial charge is 0.171 e. The fourth-order valence-corrected chi connectivity index (χ4v) is 3.49. The summed E-state index contributed by atoms with van der Waals surface area (Å²) in [6, 6.07) is 0. The van der Waals surface area contributed by atoms with Crippen molar-refractivity contribution in [2.75, 3.05) is 5.73 Å². The van der Waals surface area contributed by atoms with Crippen molar-refractivity contribution in [3.8, 4) is 0 Å². The molecule has 0 aromatic carbocycles. The van der Waals surface area contributed by atoms with Crippen molar-refractivity contribution in [2.45, 2.75) is 53.2 Å². The van der Waals surface area contributed by atoms with Crippen LogP contribution >= 0.6 is 11.3 Å². The first-order valence-corrected chi connectivity index (χ1v) is 7.14. The zero-order valence-electron chi connectivity index (χ0n) is 11.7. The van der Waals surface area contributed by atoms with Gasteiger partial charge in [0, 0.05) is 16.7 Å². The molecule has 1 aliphatic rings. The van der Waals surface area contributed by atoms with Gasteiger partial charge in [-0.2, -0.15) is 0 Å². The number of carbonyl (C=O) groups excluding carboxylic acids is 1. The molecular formula is C14H21NO2S. The van der Waals surface area contributed by atoms with Crippen LogP contribution in [-0.4, -0.2) is 11.9 Å². The number of Topliss-reactive ketones (excluding diaryl/α,β-unsaturated/α-hetero) is 1. The lowest BCUT2D eigenvalue weighted by molar-refractivity contribution is -0.00232. The SMILES string of the molecule is CC1Cc2c(sc(N)c2C(=O)C(C)(C)C)C(C)O1. The Balaban J connectivity index is 2.53. The van der Waals surface area contributed by atoms with E-state index in [4.69, 9.17) is 10.5 Å². The zero-order valence-corrected chi connectivity index (χ0v) is 12.5. The van der Waals surface area contributed by atoms with Crippen molar-refractivity contribution in [3.63, 3.8) is 0 Å². The standard InChI is InChI=1S/C14H21NO2S/c1-7-6-9-10(12(16)14(3,4)5)13(15)18-11(9)8(2)17-7/h7-8H,6,15H2,1-5H3. The van der Waals surface area contributed by atoms with Gasteiger partial charge in [0.05, 0.1) is 22.8 Å². The lowest BCUT2D eigenvalue weighted by Gasteiger charge is -2.27. The maximum atomic E-state index is 12.5. The minimum absolute atomic E-state index is 0.0394. The van der Waals surface area contributed by atoms with E-state index in [0.717, 1.165) is 22.4 Å². The van der Waals surface area contributed by atoms with Gasteiger partial charge in [-0.05, 0) is 19.4 Å². The third kappa shape index (κ3) is 2.19. The minimum atomic E-state index is -0.395. The number of nitrogen functional groups attached to an aromatic ring is 1. The second-order valence-corrected chi connectivity index (χ2v) is 7.14. The van der Waals surface area contributed by atoms with Gasteiger partial charge in [-0.1, -0.05) is 20.8 Å². The quantitative estimate of drug-likeness (QED) is 0.791. The van der Waals surface area contributed by atoms with Crippen molar-refractivity contribution in [1.82, 2.24) is 0 Å². The number of hydrogen-bond donors (Lipinski definition) is 1. The van der Waals surface area contributed by atoms with Crippen LogP contribution in [-0.2, 0) is 11.2 Å². The fraction of sp³-hybridized carbons (Fsp3) is 0.643. The van der Waals surface area contributed by atoms with Gasteiger partial charge < -0.3 is 10.5 Å². The topological polar surface area (TPSA) is 52.3 Å². The van der Waals surface area contributed by atoms with Crippen LogP contribution < -0.4 is 5.73 Å². The number of anilines is 1. The van der Waals surface area contributed by atoms with Crippen LogP contribution in [0.15, 0.2) is 0 Å². The van der Waals surface area contributed by atoms with E-state index in [9.17, 15) is 4.79 Å². The predicted molar refractivity (Wildman–Crippen MR) is 75.2 cm³/mol. The van der Waals surface area contributed by atoms with Crippen LogP contribution in [0.2, 0.25) is 0 Å². The molecular weight excluding hydrogens is 246 g/mol. The van der Waals surface area contributed by atoms with Crippen molar-refractivity contribution in [2.24, 2.45) is 5.41 Å². The van der Waals surface area contributed by atoms with Crippen LogP contribution in [0.5, 0.6) is 0 Å². The molecule has 0 saturated heterocycles. The van der Waals surface area contributed by atoms with E-state index in [-0.39, 0.29) is 18.0 Å². The number of rotatable bonds is 1. The summed E-state index contributed by atoms with van der Waals surface area (Å²) in [5, 5.41) is 0.643. The van der Waals surface area contributed by atoms with E-state index in [1.165, 1.54) is 11.3 Å². The number of ketones is 1. The van der Waals surface area contributed by atoms with Gasteiger partial charge >= 0.3 is 0 Å². The predicted octanol–water partition coefficient (Wildman–Crippen LogP) is 3.58. The highest BCUT2D eigenvalue weighted by Gasteiger charge is 2.34. The number of thiophene rings is 1. The second kappa shape index (κ2) is 4.35. The molecule has 18 heavy (non-hydrogen) atoms. The van der Waals surface area contributed by atoms with Gasteiger partial charge in [-0.25, -0.2) is 0 Å². The summed E-state index contributed by atoms with van der Waals surface area (Å²) < 4.78 is 5.79. The van der Waals surface area contributed by atoms with Crippen LogP contribution in [0.4, 0.5) is 5.00 Å². The van der Waals surface area contributed by atoms with Crippen LogP contribution in [0.3, 0.4) is 0 Å². The van der Waals surface area contributed by atoms with Gasteiger partial charge in [-0.15, -0.1) is 11.3 Å². The van der Waals surface area contributed by atoms with Gasteiger partial charge in [0.25, 0.3) is 0 Å². The summed E-state index contributed by atoms with van der Waals surface area (Å²) in [6.07, 6.45) is 0.968. The average Bonchev–Trinajstić information content (AvgIpc) is 2.52. The Hall–Kier alpha value is -0.870. The van der Waals surface area contributed by atoms with Crippen LogP contribution in [0.25, 0.3) is 0 Å². The molecule has 1 aliphatic heterocycles. The summed E-state index contributed by atoms with van der Waals surface area (Å²) in [5.74, 6) is 0.138. The molecule has 1 aromatic heterocycles. The first-order valence-electron chi connectivity index (χ1n) is 6.33. The molecule has 0 amide bonds. The average molecular weight is 267 g/mol. The Labute approximate surface area is 112 Å². The first kappa shape index (κ1) is 13.6. The molecule has 4 heteroatoms. The molecule has 0 radical (unpaired) electrons. The fourth-order valence-electron chi connectivity index (χ4n) is 2.40. The molecule has 1 aromatic rings. The Bertz CT molecular complexity index is 485. The van der Waals surface area contributed by atoms with E-state index in [1.807, 2.05) is 34.6 Å². The number of fused-ring (bicyclic) bond motifs is 1. The molecule has 2 unspecified atom stereocenters. The lowest BCUT2D eigenvalue weighted by atomic mass is 9.84. The Kier molecular flexibility index (Phi) is 3.28. The molecule has 2 atom stereocenters. The van der Waals surface area contributed by atoms with Crippen molar-refractivity contribution >= 4 is 22.1 Å². The van der Waals surface area contributed by atoms with Gasteiger partial charge in [0.2, 0.25) is 0 Å². The van der Waals surface area contributed by atoms with Crippen molar-refractivity contribution in [3.05, 3.63) is 16.0 Å². The van der Waals surface area contributed by atoms with Gasteiger partial charge in [0.1, 0.15) is 0 Å². The highest BCUT2D eigenvalue weighted by molar-refractivity contribution is 7.16. The third-order valence-electron chi connectivity index (χ3n) is 3.27. The summed E-state index contributed by atoms with van der Waals surface area (Å²) in [7, 11) is 0. The van der Waals surface area contributed by atoms with E-state index < -0.39 is 5.41 Å². The van der Waals surface area contributed by atoms with Gasteiger partial charge in [0.15, 0.2) is 5.78 Å². The molecule has 0 fully saturated rings.